The van der Waals surface area contributed by atoms with Crippen LogP contribution in [0.4, 0.5) is 54.9 Å². The van der Waals surface area contributed by atoms with Crippen molar-refractivity contribution >= 4 is 50.5 Å². The van der Waals surface area contributed by atoms with Crippen LogP contribution in [0.1, 0.15) is 84.0 Å². The molecule has 500 valence electrons. The molecule has 3 rings (SSSR count). The van der Waals surface area contributed by atoms with Crippen LogP contribution in [0.2, 0.25) is 95.2 Å². The second-order valence-electron chi connectivity index (χ2n) is 23.1. The van der Waals surface area contributed by atoms with Crippen LogP contribution >= 0.6 is 0 Å². The van der Waals surface area contributed by atoms with E-state index in [1.165, 1.54) is 134 Å². The Kier molecular flexibility index (Phi) is 80.9. The van der Waals surface area contributed by atoms with E-state index in [2.05, 4.69) is 110 Å². The summed E-state index contributed by atoms with van der Waals surface area (Å²) in [6.45, 7) is 37.4. The standard InChI is InChI=1S/C19H46N2O4Si3.C11H27NO2Si2.C8H21NOSi.C7H14N.C6H12.6F2.Li/c1-22-27(7,8)18-9-12-20(13-10-19-28(23-2,24-3)25-4)15-16-21-14-11-17-26(21,5)6;1-13-15(3,4)10-6-8-12-9-7-11-16(12,5)14-2;1-9(2)7-6-8-11(4,5)10-3;1-7(2)5-6-8(3)4;1-2-4-6-5-3-1;6*1-2;/h9-19H2,1-8H3;6-11H2,1-5H3;6-8H2,1-5H3;5H,1,6H2,2-4H3;1-6H2;;;;;;;/q;;;-1;;;;;;;;+1/b;;;7-5-;;;;;;;;. The van der Waals surface area contributed by atoms with Gasteiger partial charge < -0.3 is 54.8 Å². The predicted octanol–water partition coefficient (Wildman–Crippen LogP) is 13.9. The molecule has 2 saturated heterocycles. The van der Waals surface area contributed by atoms with Crippen molar-refractivity contribution in [3.05, 3.63) is 18.6 Å². The SMILES string of the molecule is C1CCCCC1.CO[Si](C)(C)CCCN(C)C.CO[Si](C)(C)CCCN(CCC[Si](OC)(OC)OC)CCN1CCC[Si]1(C)C.CO[Si](C)(C)CCCN1CCC[Si]1(C)OC.FF.FF.FF.FF.FF.FF.[CH2-]/C(C)=C/CN(C)C.[Li+]. The summed E-state index contributed by atoms with van der Waals surface area (Å²) in [5.74, 6) is 0. The van der Waals surface area contributed by atoms with Gasteiger partial charge in [-0.05, 0) is 189 Å². The maximum Gasteiger partial charge on any atom is 1.00 e. The van der Waals surface area contributed by atoms with Gasteiger partial charge in [-0.1, -0.05) is 58.5 Å². The van der Waals surface area contributed by atoms with Crippen molar-refractivity contribution in [2.24, 2.45) is 0 Å². The summed E-state index contributed by atoms with van der Waals surface area (Å²) in [5, 5.41) is 0. The Morgan fingerprint density at radius 1 is 0.476 bits per heavy atom. The summed E-state index contributed by atoms with van der Waals surface area (Å²) in [4.78, 5) is 6.97. The third kappa shape index (κ3) is 60.5. The van der Waals surface area contributed by atoms with Gasteiger partial charge in [0.25, 0.3) is 8.48 Å². The maximum atomic E-state index is 8.00. The van der Waals surface area contributed by atoms with E-state index in [0.29, 0.717) is 0 Å². The Bertz CT molecular complexity index is 1300. The van der Waals surface area contributed by atoms with Crippen molar-refractivity contribution in [3.63, 3.8) is 0 Å². The fourth-order valence-electron chi connectivity index (χ4n) is 8.77. The molecule has 0 radical (unpaired) electrons. The molecule has 0 amide bonds. The minimum absolute atomic E-state index is 0. The first-order valence-electron chi connectivity index (χ1n) is 27.9. The summed E-state index contributed by atoms with van der Waals surface area (Å²) < 4.78 is 141. The molecule has 0 aromatic rings. The van der Waals surface area contributed by atoms with Crippen LogP contribution in [0, 0.1) is 6.92 Å². The fraction of sp³-hybridized carbons (Fsp3) is 0.941. The molecule has 12 nitrogen and oxygen atoms in total. The molecular weight excluding hydrogens is 1200 g/mol. The second-order valence-corrected chi connectivity index (χ2v) is 48.1. The smallest absolute Gasteiger partial charge is 0.420 e. The molecule has 82 heavy (non-hydrogen) atoms. The van der Waals surface area contributed by atoms with Gasteiger partial charge in [0.05, 0.1) is 0 Å². The van der Waals surface area contributed by atoms with Crippen molar-refractivity contribution in [3.8, 4) is 0 Å². The molecule has 3 fully saturated rings. The summed E-state index contributed by atoms with van der Waals surface area (Å²) in [7, 11) is 11.7. The Labute approximate surface area is 511 Å². The molecule has 1 atom stereocenters. The van der Waals surface area contributed by atoms with Crippen molar-refractivity contribution in [1.82, 2.24) is 23.8 Å². The molecule has 1 aliphatic carbocycles. The number of hydrogen-bond acceptors (Lipinski definition) is 12. The summed E-state index contributed by atoms with van der Waals surface area (Å²) in [6.07, 6.45) is 18.6. The molecule has 0 bridgehead atoms. The van der Waals surface area contributed by atoms with E-state index in [1.54, 1.807) is 21.3 Å². The summed E-state index contributed by atoms with van der Waals surface area (Å²) in [5.41, 5.74) is 1.14. The topological polar surface area (TPSA) is 80.8 Å². The van der Waals surface area contributed by atoms with Gasteiger partial charge in [-0.25, -0.2) is 18.6 Å². The number of likely N-dealkylation sites (N-methyl/N-ethyl adjacent to an activating group) is 1. The molecule has 2 aliphatic heterocycles. The minimum atomic E-state index is -2.47. The van der Waals surface area contributed by atoms with Gasteiger partial charge in [0.1, 0.15) is 8.24 Å². The first-order chi connectivity index (χ1) is 38.2. The van der Waals surface area contributed by atoms with Crippen LogP contribution in [0.15, 0.2) is 11.6 Å². The van der Waals surface area contributed by atoms with E-state index in [-0.39, 0.29) is 18.9 Å². The molecule has 0 aromatic carbocycles. The number of halogens is 12. The molecule has 2 heterocycles. The van der Waals surface area contributed by atoms with E-state index in [4.69, 9.17) is 85.9 Å². The number of nitrogens with zero attached hydrogens (tertiary/aromatic N) is 5. The van der Waals surface area contributed by atoms with Gasteiger partial charge in [-0.15, -0.1) is 0 Å². The fourth-order valence-corrected chi connectivity index (χ4v) is 19.8. The van der Waals surface area contributed by atoms with Gasteiger partial charge >= 0.3 is 27.7 Å². The molecule has 0 aromatic heterocycles. The van der Waals surface area contributed by atoms with Gasteiger partial charge in [-0.3, -0.25) is 0 Å². The van der Waals surface area contributed by atoms with Crippen LogP contribution in [0.25, 0.3) is 0 Å². The molecule has 3 aliphatic rings. The summed E-state index contributed by atoms with van der Waals surface area (Å²) in [6, 6.07) is 7.36. The van der Waals surface area contributed by atoms with Crippen LogP contribution < -0.4 is 18.9 Å². The number of rotatable bonds is 28. The Balaban J connectivity index is -0.000000120. The third-order valence-corrected chi connectivity index (χ3v) is 33.1. The number of hydrogen-bond donors (Lipinski definition) is 0. The van der Waals surface area contributed by atoms with E-state index >= 15 is 0 Å². The first-order valence-corrected chi connectivity index (χ1v) is 44.9. The van der Waals surface area contributed by atoms with Crippen LogP contribution in [-0.4, -0.2) is 211 Å². The maximum absolute atomic E-state index is 8.00. The van der Waals surface area contributed by atoms with Crippen molar-refractivity contribution < 1.29 is 105 Å². The normalized spacial score (nSPS) is 16.8. The van der Waals surface area contributed by atoms with Gasteiger partial charge in [-0.2, -0.15) is 0 Å². The Morgan fingerprint density at radius 3 is 1.13 bits per heavy atom. The van der Waals surface area contributed by atoms with Gasteiger partial charge in [0.15, 0.2) is 25.0 Å². The molecular formula is C51H120F12LiN5O7Si6. The van der Waals surface area contributed by atoms with Crippen molar-refractivity contribution in [2.75, 3.05) is 137 Å². The second kappa shape index (κ2) is 65.6. The minimum Gasteiger partial charge on any atom is -0.420 e. The van der Waals surface area contributed by atoms with E-state index < -0.39 is 50.5 Å². The van der Waals surface area contributed by atoms with Crippen LogP contribution in [0.5, 0.6) is 0 Å². The van der Waals surface area contributed by atoms with Gasteiger partial charge in [0, 0.05) is 124 Å². The first kappa shape index (κ1) is 101. The zero-order valence-corrected chi connectivity index (χ0v) is 61.5. The quantitative estimate of drug-likeness (QED) is 0.0425. The molecule has 1 unspecified atom stereocenters. The molecule has 1 saturated carbocycles. The zero-order valence-electron chi connectivity index (χ0n) is 55.5. The molecule has 0 N–H and O–H groups in total. The van der Waals surface area contributed by atoms with Crippen molar-refractivity contribution in [2.45, 2.75) is 179 Å². The average molecular weight is 1320 g/mol. The zero-order chi connectivity index (χ0) is 65.2. The van der Waals surface area contributed by atoms with Crippen LogP contribution in [0.3, 0.4) is 0 Å². The van der Waals surface area contributed by atoms with Crippen molar-refractivity contribution in [1.29, 1.82) is 0 Å². The van der Waals surface area contributed by atoms with E-state index in [1.807, 2.05) is 49.5 Å². The number of allylic oxidation sites excluding steroid dienone is 1. The third-order valence-electron chi connectivity index (χ3n) is 14.6. The Morgan fingerprint density at radius 2 is 0.829 bits per heavy atom. The monoisotopic (exact) mass is 1320 g/mol. The largest absolute Gasteiger partial charge is 1.00 e. The van der Waals surface area contributed by atoms with E-state index in [9.17, 15) is 0 Å². The van der Waals surface area contributed by atoms with Crippen LogP contribution in [-0.2, 0) is 31.0 Å². The Hall–Kier alpha value is 0.189. The summed E-state index contributed by atoms with van der Waals surface area (Å²) >= 11 is 0. The van der Waals surface area contributed by atoms with Gasteiger partial charge in [0.2, 0.25) is 0 Å². The van der Waals surface area contributed by atoms with E-state index in [0.717, 1.165) is 44.2 Å². The predicted molar refractivity (Wildman–Crippen MR) is 330 cm³/mol. The molecule has 31 heteroatoms. The average Bonchev–Trinajstić information content (AvgIpc) is 4.03. The molecule has 0 spiro atoms.